The van der Waals surface area contributed by atoms with E-state index in [1.807, 2.05) is 23.1 Å². The SMILES string of the molecule is O=C(c1ccccn1)N1CC[NH+](Cc2ccc(Cl)s2)CC1. The highest BCUT2D eigenvalue weighted by atomic mass is 35.5. The fraction of sp³-hybridized carbons (Fsp3) is 0.333. The Balaban J connectivity index is 1.54. The molecule has 0 bridgehead atoms. The quantitative estimate of drug-likeness (QED) is 0.926. The predicted octanol–water partition coefficient (Wildman–Crippen LogP) is 1.34. The molecule has 0 spiro atoms. The number of nitrogens with zero attached hydrogens (tertiary/aromatic N) is 2. The van der Waals surface area contributed by atoms with Crippen LogP contribution in [0.2, 0.25) is 4.34 Å². The van der Waals surface area contributed by atoms with Crippen LogP contribution in [-0.2, 0) is 6.54 Å². The Labute approximate surface area is 133 Å². The van der Waals surface area contributed by atoms with E-state index in [0.29, 0.717) is 5.69 Å². The summed E-state index contributed by atoms with van der Waals surface area (Å²) in [4.78, 5) is 21.1. The molecule has 0 saturated carbocycles. The molecule has 110 valence electrons. The second-order valence-electron chi connectivity index (χ2n) is 5.14. The van der Waals surface area contributed by atoms with Gasteiger partial charge in [0.1, 0.15) is 12.2 Å². The number of amides is 1. The van der Waals surface area contributed by atoms with Gasteiger partial charge in [0.25, 0.3) is 5.91 Å². The minimum Gasteiger partial charge on any atom is -0.328 e. The topological polar surface area (TPSA) is 37.6 Å². The van der Waals surface area contributed by atoms with E-state index in [1.54, 1.807) is 23.6 Å². The third-order valence-electron chi connectivity index (χ3n) is 3.69. The maximum absolute atomic E-state index is 12.3. The first kappa shape index (κ1) is 14.5. The fourth-order valence-electron chi connectivity index (χ4n) is 2.55. The molecule has 4 nitrogen and oxygen atoms in total. The number of nitrogens with one attached hydrogen (secondary N) is 1. The molecule has 2 aromatic rings. The van der Waals surface area contributed by atoms with Crippen molar-refractivity contribution in [1.82, 2.24) is 9.88 Å². The number of carbonyl (C=O) groups is 1. The number of carbonyl (C=O) groups excluding carboxylic acids is 1. The molecule has 0 aromatic carbocycles. The van der Waals surface area contributed by atoms with Crippen LogP contribution in [-0.4, -0.2) is 42.0 Å². The predicted molar refractivity (Wildman–Crippen MR) is 83.9 cm³/mol. The van der Waals surface area contributed by atoms with Crippen molar-refractivity contribution >= 4 is 28.8 Å². The summed E-state index contributed by atoms with van der Waals surface area (Å²) >= 11 is 7.60. The second-order valence-corrected chi connectivity index (χ2v) is 6.94. The van der Waals surface area contributed by atoms with Crippen LogP contribution in [0.4, 0.5) is 0 Å². The van der Waals surface area contributed by atoms with E-state index >= 15 is 0 Å². The number of hydrogen-bond acceptors (Lipinski definition) is 3. The van der Waals surface area contributed by atoms with E-state index in [9.17, 15) is 4.79 Å². The number of hydrogen-bond donors (Lipinski definition) is 1. The summed E-state index contributed by atoms with van der Waals surface area (Å²) in [5.74, 6) is 0.0359. The molecule has 1 fully saturated rings. The molecule has 2 aromatic heterocycles. The van der Waals surface area contributed by atoms with Gasteiger partial charge in [-0.25, -0.2) is 0 Å². The first-order chi connectivity index (χ1) is 10.2. The number of quaternary nitrogens is 1. The van der Waals surface area contributed by atoms with Crippen molar-refractivity contribution < 1.29 is 9.69 Å². The molecule has 1 saturated heterocycles. The lowest BCUT2D eigenvalue weighted by Gasteiger charge is -2.31. The van der Waals surface area contributed by atoms with E-state index in [0.717, 1.165) is 37.1 Å². The first-order valence-corrected chi connectivity index (χ1v) is 8.20. The minimum atomic E-state index is 0.0359. The van der Waals surface area contributed by atoms with Crippen molar-refractivity contribution in [3.8, 4) is 0 Å². The van der Waals surface area contributed by atoms with Gasteiger partial charge in [-0.2, -0.15) is 0 Å². The standard InChI is InChI=1S/C15H16ClN3OS/c16-14-5-4-12(21-14)11-18-7-9-19(10-8-18)15(20)13-3-1-2-6-17-13/h1-6H,7-11H2/p+1. The highest BCUT2D eigenvalue weighted by Gasteiger charge is 2.25. The van der Waals surface area contributed by atoms with Crippen molar-refractivity contribution in [1.29, 1.82) is 0 Å². The molecule has 21 heavy (non-hydrogen) atoms. The molecule has 1 amide bonds. The zero-order valence-electron chi connectivity index (χ0n) is 11.6. The van der Waals surface area contributed by atoms with Gasteiger partial charge >= 0.3 is 0 Å². The molecular weight excluding hydrogens is 306 g/mol. The van der Waals surface area contributed by atoms with Crippen LogP contribution in [0.5, 0.6) is 0 Å². The molecule has 1 N–H and O–H groups in total. The lowest BCUT2D eigenvalue weighted by atomic mass is 10.2. The average molecular weight is 323 g/mol. The van der Waals surface area contributed by atoms with Crippen LogP contribution in [0.15, 0.2) is 36.5 Å². The molecular formula is C15H17ClN3OS+. The summed E-state index contributed by atoms with van der Waals surface area (Å²) in [5, 5.41) is 0. The highest BCUT2D eigenvalue weighted by molar-refractivity contribution is 7.16. The van der Waals surface area contributed by atoms with Gasteiger partial charge < -0.3 is 9.80 Å². The van der Waals surface area contributed by atoms with Gasteiger partial charge in [-0.3, -0.25) is 9.78 Å². The van der Waals surface area contributed by atoms with E-state index < -0.39 is 0 Å². The molecule has 0 atom stereocenters. The molecule has 6 heteroatoms. The van der Waals surface area contributed by atoms with Gasteiger partial charge in [-0.05, 0) is 24.3 Å². The number of piperazine rings is 1. The Hall–Kier alpha value is -1.43. The normalized spacial score (nSPS) is 16.1. The van der Waals surface area contributed by atoms with Crippen LogP contribution in [0.1, 0.15) is 15.4 Å². The van der Waals surface area contributed by atoms with Gasteiger partial charge in [-0.15, -0.1) is 11.3 Å². The maximum atomic E-state index is 12.3. The van der Waals surface area contributed by atoms with Crippen molar-refractivity contribution in [3.05, 3.63) is 51.4 Å². The van der Waals surface area contributed by atoms with Crippen LogP contribution in [0, 0.1) is 0 Å². The highest BCUT2D eigenvalue weighted by Crippen LogP contribution is 2.20. The summed E-state index contributed by atoms with van der Waals surface area (Å²) < 4.78 is 0.841. The smallest absolute Gasteiger partial charge is 0.272 e. The molecule has 1 aliphatic heterocycles. The second kappa shape index (κ2) is 6.56. The third kappa shape index (κ3) is 3.61. The summed E-state index contributed by atoms with van der Waals surface area (Å²) in [6.45, 7) is 4.49. The maximum Gasteiger partial charge on any atom is 0.272 e. The van der Waals surface area contributed by atoms with Crippen LogP contribution < -0.4 is 4.90 Å². The zero-order valence-corrected chi connectivity index (χ0v) is 13.2. The summed E-state index contributed by atoms with van der Waals surface area (Å²) in [6.07, 6.45) is 1.66. The van der Waals surface area contributed by atoms with Crippen molar-refractivity contribution in [3.63, 3.8) is 0 Å². The van der Waals surface area contributed by atoms with Crippen molar-refractivity contribution in [2.45, 2.75) is 6.54 Å². The first-order valence-electron chi connectivity index (χ1n) is 7.00. The number of rotatable bonds is 3. The summed E-state index contributed by atoms with van der Waals surface area (Å²) in [7, 11) is 0. The van der Waals surface area contributed by atoms with Crippen molar-refractivity contribution in [2.75, 3.05) is 26.2 Å². The average Bonchev–Trinajstić information content (AvgIpc) is 2.93. The summed E-state index contributed by atoms with van der Waals surface area (Å²) in [5.41, 5.74) is 0.533. The Kier molecular flexibility index (Phi) is 4.53. The minimum absolute atomic E-state index is 0.0359. The Bertz CT molecular complexity index is 608. The number of thiophene rings is 1. The summed E-state index contributed by atoms with van der Waals surface area (Å²) in [6, 6.07) is 9.48. The molecule has 0 aliphatic carbocycles. The van der Waals surface area contributed by atoms with Crippen molar-refractivity contribution in [2.24, 2.45) is 0 Å². The van der Waals surface area contributed by atoms with Crippen LogP contribution >= 0.6 is 22.9 Å². The largest absolute Gasteiger partial charge is 0.328 e. The van der Waals surface area contributed by atoms with Crippen LogP contribution in [0.3, 0.4) is 0 Å². The lowest BCUT2D eigenvalue weighted by Crippen LogP contribution is -3.13. The van der Waals surface area contributed by atoms with Gasteiger partial charge in [0.2, 0.25) is 0 Å². The van der Waals surface area contributed by atoms with E-state index in [-0.39, 0.29) is 5.91 Å². The van der Waals surface area contributed by atoms with Gasteiger partial charge in [0.05, 0.1) is 35.4 Å². The third-order valence-corrected chi connectivity index (χ3v) is 4.93. The van der Waals surface area contributed by atoms with Gasteiger partial charge in [0.15, 0.2) is 0 Å². The van der Waals surface area contributed by atoms with E-state index in [2.05, 4.69) is 11.1 Å². The Morgan fingerprint density at radius 3 is 2.71 bits per heavy atom. The number of halogens is 1. The lowest BCUT2D eigenvalue weighted by molar-refractivity contribution is -0.917. The van der Waals surface area contributed by atoms with E-state index in [4.69, 9.17) is 11.6 Å². The number of aromatic nitrogens is 1. The van der Waals surface area contributed by atoms with Gasteiger partial charge in [0, 0.05) is 6.20 Å². The molecule has 3 heterocycles. The number of pyridine rings is 1. The monoisotopic (exact) mass is 322 g/mol. The van der Waals surface area contributed by atoms with Gasteiger partial charge in [-0.1, -0.05) is 17.7 Å². The molecule has 0 unspecified atom stereocenters. The molecule has 3 rings (SSSR count). The Morgan fingerprint density at radius 1 is 1.29 bits per heavy atom. The van der Waals surface area contributed by atoms with Crippen LogP contribution in [0.25, 0.3) is 0 Å². The molecule has 0 radical (unpaired) electrons. The van der Waals surface area contributed by atoms with E-state index in [1.165, 1.54) is 9.78 Å². The Morgan fingerprint density at radius 2 is 2.10 bits per heavy atom. The molecule has 1 aliphatic rings. The fourth-order valence-corrected chi connectivity index (χ4v) is 3.71. The zero-order chi connectivity index (χ0) is 14.7.